The molecule has 1 rings (SSSR count). The van der Waals surface area contributed by atoms with Gasteiger partial charge < -0.3 is 29.2 Å². The van der Waals surface area contributed by atoms with Gasteiger partial charge >= 0.3 is 23.9 Å². The van der Waals surface area contributed by atoms with Crippen molar-refractivity contribution in [1.29, 1.82) is 0 Å². The number of benzene rings is 1. The number of hydrogen-bond acceptors (Lipinski definition) is 10. The first-order valence-electron chi connectivity index (χ1n) is 9.79. The molecular formula is C21H28O10. The van der Waals surface area contributed by atoms with Gasteiger partial charge in [0, 0.05) is 12.8 Å². The molecule has 172 valence electrons. The lowest BCUT2D eigenvalue weighted by atomic mass is 10.1. The van der Waals surface area contributed by atoms with Gasteiger partial charge in [-0.15, -0.1) is 0 Å². The van der Waals surface area contributed by atoms with E-state index in [4.69, 9.17) is 14.2 Å². The van der Waals surface area contributed by atoms with E-state index < -0.39 is 42.7 Å². The van der Waals surface area contributed by atoms with E-state index in [-0.39, 0.29) is 43.6 Å². The van der Waals surface area contributed by atoms with Crippen LogP contribution < -0.4 is 0 Å². The molecule has 0 aliphatic heterocycles. The molecule has 10 heteroatoms. The predicted molar refractivity (Wildman–Crippen MR) is 106 cm³/mol. The van der Waals surface area contributed by atoms with Crippen molar-refractivity contribution >= 4 is 23.9 Å². The van der Waals surface area contributed by atoms with Crippen LogP contribution in [-0.2, 0) is 28.5 Å². The number of ether oxygens (including phenoxy) is 4. The standard InChI is InChI=1S/C21H28O10/c1-3-16(22)11-30-20(26)14-7-9-15(10-8-14)21(27)31-13-17(23)12-29-19(25)6-4-5-18(24)28-2/h7-10,16-17,22-23H,3-6,11-13H2,1-2H3. The van der Waals surface area contributed by atoms with Crippen molar-refractivity contribution in [2.24, 2.45) is 0 Å². The number of carbonyl (C=O) groups is 4. The Balaban J connectivity index is 2.34. The Morgan fingerprint density at radius 2 is 1.23 bits per heavy atom. The van der Waals surface area contributed by atoms with E-state index in [1.165, 1.54) is 31.4 Å². The van der Waals surface area contributed by atoms with Crippen molar-refractivity contribution in [2.75, 3.05) is 26.9 Å². The van der Waals surface area contributed by atoms with Gasteiger partial charge in [-0.2, -0.15) is 0 Å². The predicted octanol–water partition coefficient (Wildman–Crippen LogP) is 1.02. The Kier molecular flexibility index (Phi) is 11.9. The molecule has 0 amide bonds. The molecular weight excluding hydrogens is 412 g/mol. The topological polar surface area (TPSA) is 146 Å². The largest absolute Gasteiger partial charge is 0.469 e. The van der Waals surface area contributed by atoms with Crippen LogP contribution in [0.1, 0.15) is 53.3 Å². The minimum Gasteiger partial charge on any atom is -0.469 e. The SMILES string of the molecule is CCC(O)COC(=O)c1ccc(C(=O)OCC(O)COC(=O)CCCC(=O)OC)cc1. The van der Waals surface area contributed by atoms with E-state index in [1.807, 2.05) is 0 Å². The molecule has 2 N–H and O–H groups in total. The first-order chi connectivity index (χ1) is 14.8. The fourth-order valence-electron chi connectivity index (χ4n) is 2.16. The maximum Gasteiger partial charge on any atom is 0.338 e. The summed E-state index contributed by atoms with van der Waals surface area (Å²) in [4.78, 5) is 46.3. The van der Waals surface area contributed by atoms with Crippen LogP contribution in [0.25, 0.3) is 0 Å². The van der Waals surface area contributed by atoms with E-state index in [9.17, 15) is 29.4 Å². The third-order valence-corrected chi connectivity index (χ3v) is 4.07. The molecule has 0 fully saturated rings. The lowest BCUT2D eigenvalue weighted by molar-refractivity contribution is -0.147. The highest BCUT2D eigenvalue weighted by molar-refractivity contribution is 5.93. The van der Waals surface area contributed by atoms with Gasteiger partial charge in [0.1, 0.15) is 25.9 Å². The van der Waals surface area contributed by atoms with Crippen LogP contribution in [0.15, 0.2) is 24.3 Å². The summed E-state index contributed by atoms with van der Waals surface area (Å²) in [6.07, 6.45) is -1.15. The fourth-order valence-corrected chi connectivity index (χ4v) is 2.16. The summed E-state index contributed by atoms with van der Waals surface area (Å²) in [5.41, 5.74) is 0.358. The highest BCUT2D eigenvalue weighted by atomic mass is 16.6. The Morgan fingerprint density at radius 1 is 0.774 bits per heavy atom. The normalized spacial score (nSPS) is 12.4. The Bertz CT molecular complexity index is 728. The van der Waals surface area contributed by atoms with Crippen molar-refractivity contribution in [3.05, 3.63) is 35.4 Å². The van der Waals surface area contributed by atoms with Gasteiger partial charge in [0.2, 0.25) is 0 Å². The monoisotopic (exact) mass is 440 g/mol. The quantitative estimate of drug-likeness (QED) is 0.337. The molecule has 2 atom stereocenters. The summed E-state index contributed by atoms with van der Waals surface area (Å²) in [6.45, 7) is 0.881. The number of carbonyl (C=O) groups excluding carboxylic acids is 4. The summed E-state index contributed by atoms with van der Waals surface area (Å²) in [5.74, 6) is -2.39. The van der Waals surface area contributed by atoms with Gasteiger partial charge in [-0.3, -0.25) is 9.59 Å². The van der Waals surface area contributed by atoms with Gasteiger partial charge in [-0.05, 0) is 37.1 Å². The van der Waals surface area contributed by atoms with Crippen LogP contribution in [0.5, 0.6) is 0 Å². The number of rotatable bonds is 13. The van der Waals surface area contributed by atoms with Crippen LogP contribution in [0, 0.1) is 0 Å². The second-order valence-electron chi connectivity index (χ2n) is 6.60. The van der Waals surface area contributed by atoms with Gasteiger partial charge in [-0.1, -0.05) is 6.92 Å². The van der Waals surface area contributed by atoms with Crippen LogP contribution >= 0.6 is 0 Å². The Morgan fingerprint density at radius 3 is 1.71 bits per heavy atom. The summed E-state index contributed by atoms with van der Waals surface area (Å²) in [5, 5.41) is 19.2. The maximum atomic E-state index is 12.0. The first-order valence-corrected chi connectivity index (χ1v) is 9.79. The molecule has 0 aliphatic carbocycles. The fraction of sp³-hybridized carbons (Fsp3) is 0.524. The van der Waals surface area contributed by atoms with Crippen molar-refractivity contribution < 1.29 is 48.3 Å². The van der Waals surface area contributed by atoms with Gasteiger partial charge in [-0.25, -0.2) is 9.59 Å². The highest BCUT2D eigenvalue weighted by Gasteiger charge is 2.15. The van der Waals surface area contributed by atoms with Crippen molar-refractivity contribution in [2.45, 2.75) is 44.8 Å². The highest BCUT2D eigenvalue weighted by Crippen LogP contribution is 2.09. The molecule has 0 aliphatic rings. The average molecular weight is 440 g/mol. The average Bonchev–Trinajstić information content (AvgIpc) is 2.79. The summed E-state index contributed by atoms with van der Waals surface area (Å²) in [6, 6.07) is 5.49. The number of aliphatic hydroxyl groups excluding tert-OH is 2. The van der Waals surface area contributed by atoms with Crippen molar-refractivity contribution in [3.8, 4) is 0 Å². The lowest BCUT2D eigenvalue weighted by Gasteiger charge is -2.12. The molecule has 0 bridgehead atoms. The first kappa shape index (κ1) is 26.1. The minimum atomic E-state index is -1.22. The second-order valence-corrected chi connectivity index (χ2v) is 6.60. The third-order valence-electron chi connectivity index (χ3n) is 4.07. The molecule has 1 aromatic carbocycles. The van der Waals surface area contributed by atoms with Gasteiger partial charge in [0.25, 0.3) is 0 Å². The maximum absolute atomic E-state index is 12.0. The molecule has 1 aromatic rings. The molecule has 0 saturated heterocycles. The molecule has 0 spiro atoms. The van der Waals surface area contributed by atoms with Crippen LogP contribution in [0.4, 0.5) is 0 Å². The van der Waals surface area contributed by atoms with Crippen LogP contribution in [0.3, 0.4) is 0 Å². The van der Waals surface area contributed by atoms with Crippen molar-refractivity contribution in [3.63, 3.8) is 0 Å². The smallest absolute Gasteiger partial charge is 0.338 e. The minimum absolute atomic E-state index is 0.00615. The summed E-state index contributed by atoms with van der Waals surface area (Å²) < 4.78 is 19.2. The zero-order chi connectivity index (χ0) is 23.2. The molecule has 2 unspecified atom stereocenters. The van der Waals surface area contributed by atoms with E-state index in [0.29, 0.717) is 6.42 Å². The van der Waals surface area contributed by atoms with Crippen LogP contribution in [-0.4, -0.2) is 73.2 Å². The third kappa shape index (κ3) is 10.6. The number of hydrogen-bond donors (Lipinski definition) is 2. The Labute approximate surface area is 180 Å². The zero-order valence-corrected chi connectivity index (χ0v) is 17.6. The molecule has 10 nitrogen and oxygen atoms in total. The zero-order valence-electron chi connectivity index (χ0n) is 17.6. The summed E-state index contributed by atoms with van der Waals surface area (Å²) in [7, 11) is 1.25. The van der Waals surface area contributed by atoms with Crippen molar-refractivity contribution in [1.82, 2.24) is 0 Å². The molecule has 31 heavy (non-hydrogen) atoms. The van der Waals surface area contributed by atoms with E-state index in [1.54, 1.807) is 6.92 Å². The van der Waals surface area contributed by atoms with E-state index >= 15 is 0 Å². The molecule has 0 saturated carbocycles. The number of methoxy groups -OCH3 is 1. The molecule has 0 radical (unpaired) electrons. The van der Waals surface area contributed by atoms with Crippen LogP contribution in [0.2, 0.25) is 0 Å². The van der Waals surface area contributed by atoms with E-state index in [2.05, 4.69) is 4.74 Å². The molecule has 0 aromatic heterocycles. The number of esters is 4. The van der Waals surface area contributed by atoms with Gasteiger partial charge in [0.15, 0.2) is 0 Å². The lowest BCUT2D eigenvalue weighted by Crippen LogP contribution is -2.25. The Hall–Kier alpha value is -2.98. The van der Waals surface area contributed by atoms with Gasteiger partial charge in [0.05, 0.1) is 24.3 Å². The van der Waals surface area contributed by atoms with E-state index in [0.717, 1.165) is 0 Å². The summed E-state index contributed by atoms with van der Waals surface area (Å²) >= 11 is 0. The molecule has 0 heterocycles. The number of aliphatic hydroxyl groups is 2. The second kappa shape index (κ2) is 14.1.